The predicted octanol–water partition coefficient (Wildman–Crippen LogP) is 3.52. The maximum absolute atomic E-state index is 14.0. The third-order valence-corrected chi connectivity index (χ3v) is 7.61. The molecule has 33 heavy (non-hydrogen) atoms. The highest BCUT2D eigenvalue weighted by molar-refractivity contribution is 7.89. The molecular formula is C24H29FN2O5S. The molecule has 1 saturated carbocycles. The first-order valence-corrected chi connectivity index (χ1v) is 12.9. The van der Waals surface area contributed by atoms with Gasteiger partial charge in [0.15, 0.2) is 17.8 Å². The Morgan fingerprint density at radius 2 is 1.97 bits per heavy atom. The van der Waals surface area contributed by atoms with Gasteiger partial charge < -0.3 is 14.7 Å². The minimum atomic E-state index is -3.59. The summed E-state index contributed by atoms with van der Waals surface area (Å²) in [6, 6.07) is 10.7. The minimum absolute atomic E-state index is 0.116. The van der Waals surface area contributed by atoms with E-state index in [1.807, 2.05) is 0 Å². The van der Waals surface area contributed by atoms with Gasteiger partial charge in [-0.2, -0.15) is 0 Å². The number of aliphatic hydroxyl groups is 1. The molecule has 9 heteroatoms. The molecule has 1 amide bonds. The van der Waals surface area contributed by atoms with Crippen LogP contribution in [0.3, 0.4) is 0 Å². The second-order valence-electron chi connectivity index (χ2n) is 8.77. The van der Waals surface area contributed by atoms with Crippen LogP contribution in [0.25, 0.3) is 0 Å². The van der Waals surface area contributed by atoms with Crippen molar-refractivity contribution in [3.63, 3.8) is 0 Å². The Kier molecular flexibility index (Phi) is 7.02. The van der Waals surface area contributed by atoms with E-state index in [2.05, 4.69) is 4.72 Å². The van der Waals surface area contributed by atoms with Crippen LogP contribution >= 0.6 is 0 Å². The van der Waals surface area contributed by atoms with Crippen LogP contribution in [0.4, 0.5) is 4.39 Å². The highest BCUT2D eigenvalue weighted by atomic mass is 32.2. The normalized spacial score (nSPS) is 18.9. The number of amides is 1. The molecule has 2 atom stereocenters. The fraction of sp³-hybridized carbons (Fsp3) is 0.458. The Hall–Kier alpha value is -2.49. The summed E-state index contributed by atoms with van der Waals surface area (Å²) in [4.78, 5) is 13.8. The van der Waals surface area contributed by atoms with Crippen LogP contribution in [0, 0.1) is 11.7 Å². The number of hydrogen-bond acceptors (Lipinski definition) is 5. The molecule has 0 spiro atoms. The van der Waals surface area contributed by atoms with E-state index in [0.29, 0.717) is 42.1 Å². The Balaban J connectivity index is 1.26. The zero-order valence-electron chi connectivity index (χ0n) is 18.5. The number of sulfonamides is 1. The van der Waals surface area contributed by atoms with E-state index in [0.717, 1.165) is 12.8 Å². The molecule has 2 aromatic rings. The zero-order valence-corrected chi connectivity index (χ0v) is 19.4. The summed E-state index contributed by atoms with van der Waals surface area (Å²) in [7, 11) is -3.59. The third-order valence-electron chi connectivity index (χ3n) is 6.07. The number of nitrogens with zero attached hydrogens (tertiary/aromatic N) is 1. The molecule has 0 bridgehead atoms. The molecular weight excluding hydrogens is 447 g/mol. The molecule has 2 N–H and O–H groups in total. The molecule has 1 aliphatic heterocycles. The van der Waals surface area contributed by atoms with Crippen molar-refractivity contribution in [1.29, 1.82) is 0 Å². The van der Waals surface area contributed by atoms with Crippen LogP contribution in [0.15, 0.2) is 42.5 Å². The van der Waals surface area contributed by atoms with E-state index in [1.54, 1.807) is 43.3 Å². The number of nitrogens with one attached hydrogen (secondary N) is 1. The van der Waals surface area contributed by atoms with Gasteiger partial charge in [0.2, 0.25) is 10.0 Å². The molecule has 1 unspecified atom stereocenters. The molecule has 4 rings (SSSR count). The molecule has 7 nitrogen and oxygen atoms in total. The standard InChI is InChI=1S/C24H29FN2O5S/c1-16(18-10-11-21(25)22(14-18)32-15-17-8-9-17)26-33(30,31)13-5-4-12-27-23(28)19-6-2-3-7-20(19)24(27)29/h2-3,6-7,10-11,14,16-17,23,26,28H,4-5,8-9,12-13,15H2,1H3/t16-,23?/m1/s1. The summed E-state index contributed by atoms with van der Waals surface area (Å²) in [5, 5.41) is 10.4. The van der Waals surface area contributed by atoms with Gasteiger partial charge in [-0.3, -0.25) is 4.79 Å². The topological polar surface area (TPSA) is 95.9 Å². The average Bonchev–Trinajstić information content (AvgIpc) is 3.58. The number of fused-ring (bicyclic) bond motifs is 1. The quantitative estimate of drug-likeness (QED) is 0.484. The Morgan fingerprint density at radius 3 is 2.70 bits per heavy atom. The Labute approximate surface area is 193 Å². The van der Waals surface area contributed by atoms with Gasteiger partial charge in [-0.05, 0) is 62.3 Å². The molecule has 0 aromatic heterocycles. The predicted molar refractivity (Wildman–Crippen MR) is 122 cm³/mol. The van der Waals surface area contributed by atoms with Gasteiger partial charge >= 0.3 is 0 Å². The molecule has 1 heterocycles. The second kappa shape index (κ2) is 9.79. The lowest BCUT2D eigenvalue weighted by molar-refractivity contribution is 0.0172. The van der Waals surface area contributed by atoms with Crippen molar-refractivity contribution in [3.05, 3.63) is 65.0 Å². The molecule has 1 aliphatic carbocycles. The number of hydrogen-bond donors (Lipinski definition) is 2. The van der Waals surface area contributed by atoms with Crippen LogP contribution in [0.2, 0.25) is 0 Å². The van der Waals surface area contributed by atoms with Crippen molar-refractivity contribution < 1.29 is 27.4 Å². The van der Waals surface area contributed by atoms with Gasteiger partial charge in [0, 0.05) is 23.7 Å². The summed E-state index contributed by atoms with van der Waals surface area (Å²) < 4.78 is 47.3. The number of carbonyl (C=O) groups is 1. The largest absolute Gasteiger partial charge is 0.490 e. The maximum Gasteiger partial charge on any atom is 0.256 e. The highest BCUT2D eigenvalue weighted by Gasteiger charge is 2.34. The SMILES string of the molecule is C[C@@H](NS(=O)(=O)CCCCN1C(=O)c2ccccc2C1O)c1ccc(F)c(OCC2CC2)c1. The lowest BCUT2D eigenvalue weighted by atomic mass is 10.1. The van der Waals surface area contributed by atoms with Crippen LogP contribution in [0.5, 0.6) is 5.75 Å². The van der Waals surface area contributed by atoms with Crippen molar-refractivity contribution in [3.8, 4) is 5.75 Å². The second-order valence-corrected chi connectivity index (χ2v) is 10.6. The molecule has 0 saturated heterocycles. The zero-order chi connectivity index (χ0) is 23.6. The van der Waals surface area contributed by atoms with Crippen LogP contribution in [0.1, 0.15) is 66.4 Å². The first-order valence-electron chi connectivity index (χ1n) is 11.3. The number of ether oxygens (including phenoxy) is 1. The van der Waals surface area contributed by atoms with Gasteiger partial charge in [-0.15, -0.1) is 0 Å². The molecule has 2 aromatic carbocycles. The summed E-state index contributed by atoms with van der Waals surface area (Å²) in [5.74, 6) is -0.205. The first kappa shape index (κ1) is 23.7. The molecule has 0 radical (unpaired) electrons. The summed E-state index contributed by atoms with van der Waals surface area (Å²) in [6.07, 6.45) is 1.94. The van der Waals surface area contributed by atoms with E-state index >= 15 is 0 Å². The third kappa shape index (κ3) is 5.72. The number of halogens is 1. The van der Waals surface area contributed by atoms with Gasteiger partial charge in [0.25, 0.3) is 5.91 Å². The van der Waals surface area contributed by atoms with Crippen molar-refractivity contribution in [1.82, 2.24) is 9.62 Å². The van der Waals surface area contributed by atoms with Crippen LogP contribution in [-0.2, 0) is 10.0 Å². The molecule has 1 fully saturated rings. The molecule has 178 valence electrons. The number of rotatable bonds is 11. The Bertz CT molecular complexity index is 1120. The number of unbranched alkanes of at least 4 members (excludes halogenated alkanes) is 1. The fourth-order valence-electron chi connectivity index (χ4n) is 3.94. The van der Waals surface area contributed by atoms with Gasteiger partial charge in [-0.1, -0.05) is 24.3 Å². The maximum atomic E-state index is 14.0. The van der Waals surface area contributed by atoms with E-state index in [9.17, 15) is 22.7 Å². The number of benzene rings is 2. The van der Waals surface area contributed by atoms with Crippen LogP contribution < -0.4 is 9.46 Å². The van der Waals surface area contributed by atoms with Crippen molar-refractivity contribution in [2.45, 2.75) is 44.9 Å². The van der Waals surface area contributed by atoms with Crippen molar-refractivity contribution in [2.24, 2.45) is 5.92 Å². The lowest BCUT2D eigenvalue weighted by Gasteiger charge is -2.21. The van der Waals surface area contributed by atoms with Gasteiger partial charge in [0.1, 0.15) is 0 Å². The first-order chi connectivity index (χ1) is 15.7. The smallest absolute Gasteiger partial charge is 0.256 e. The van der Waals surface area contributed by atoms with E-state index in [-0.39, 0.29) is 24.0 Å². The van der Waals surface area contributed by atoms with Crippen molar-refractivity contribution >= 4 is 15.9 Å². The number of aliphatic hydroxyl groups excluding tert-OH is 1. The van der Waals surface area contributed by atoms with Gasteiger partial charge in [0.05, 0.1) is 12.4 Å². The molecule has 2 aliphatic rings. The van der Waals surface area contributed by atoms with Crippen LogP contribution in [-0.4, -0.2) is 43.2 Å². The van der Waals surface area contributed by atoms with E-state index in [4.69, 9.17) is 4.74 Å². The monoisotopic (exact) mass is 476 g/mol. The lowest BCUT2D eigenvalue weighted by Crippen LogP contribution is -2.31. The minimum Gasteiger partial charge on any atom is -0.490 e. The highest BCUT2D eigenvalue weighted by Crippen LogP contribution is 2.32. The Morgan fingerprint density at radius 1 is 1.21 bits per heavy atom. The van der Waals surface area contributed by atoms with E-state index in [1.165, 1.54) is 11.0 Å². The fourth-order valence-corrected chi connectivity index (χ4v) is 5.31. The summed E-state index contributed by atoms with van der Waals surface area (Å²) in [5.41, 5.74) is 1.67. The summed E-state index contributed by atoms with van der Waals surface area (Å²) >= 11 is 0. The number of carbonyl (C=O) groups excluding carboxylic acids is 1. The average molecular weight is 477 g/mol. The summed E-state index contributed by atoms with van der Waals surface area (Å²) in [6.45, 7) is 2.44. The van der Waals surface area contributed by atoms with Crippen molar-refractivity contribution in [2.75, 3.05) is 18.9 Å². The van der Waals surface area contributed by atoms with E-state index < -0.39 is 28.1 Å². The van der Waals surface area contributed by atoms with Gasteiger partial charge in [-0.25, -0.2) is 17.5 Å².